The average molecular weight is 443 g/mol. The lowest BCUT2D eigenvalue weighted by Gasteiger charge is -2.34. The predicted molar refractivity (Wildman–Crippen MR) is 119 cm³/mol. The third-order valence-electron chi connectivity index (χ3n) is 5.61. The summed E-state index contributed by atoms with van der Waals surface area (Å²) >= 11 is 0. The van der Waals surface area contributed by atoms with Crippen LogP contribution in [0.5, 0.6) is 0 Å². The summed E-state index contributed by atoms with van der Waals surface area (Å²) < 4.78 is 17.3. The molecule has 0 bridgehead atoms. The van der Waals surface area contributed by atoms with Gasteiger partial charge in [0.25, 0.3) is 0 Å². The van der Waals surface area contributed by atoms with Gasteiger partial charge < -0.3 is 18.8 Å². The molecule has 0 spiro atoms. The molecular formula is C24H30N2O6. The Bertz CT molecular complexity index is 997. The fourth-order valence-electron chi connectivity index (χ4n) is 4.36. The number of morpholine rings is 1. The molecule has 0 radical (unpaired) electrons. The molecule has 8 heteroatoms. The van der Waals surface area contributed by atoms with Crippen LogP contribution in [0.1, 0.15) is 56.3 Å². The molecule has 1 aliphatic heterocycles. The number of ether oxygens (including phenoxy) is 3. The Morgan fingerprint density at radius 1 is 0.938 bits per heavy atom. The van der Waals surface area contributed by atoms with Crippen molar-refractivity contribution in [3.63, 3.8) is 0 Å². The Labute approximate surface area is 188 Å². The molecule has 1 saturated heterocycles. The van der Waals surface area contributed by atoms with Crippen molar-refractivity contribution in [1.29, 1.82) is 0 Å². The van der Waals surface area contributed by atoms with E-state index in [0.29, 0.717) is 30.9 Å². The fraction of sp³-hybridized carbons (Fsp3) is 0.458. The number of carbonyl (C=O) groups is 3. The number of hydrogen-bond donors (Lipinski definition) is 0. The van der Waals surface area contributed by atoms with E-state index in [9.17, 15) is 14.4 Å². The smallest absolute Gasteiger partial charge is 0.337 e. The van der Waals surface area contributed by atoms with Crippen molar-refractivity contribution in [2.45, 2.75) is 39.9 Å². The largest absolute Gasteiger partial charge is 0.465 e. The molecule has 172 valence electrons. The molecule has 8 nitrogen and oxygen atoms in total. The van der Waals surface area contributed by atoms with Gasteiger partial charge in [0.2, 0.25) is 0 Å². The minimum atomic E-state index is -0.564. The van der Waals surface area contributed by atoms with Crippen molar-refractivity contribution in [3.05, 3.63) is 52.3 Å². The third kappa shape index (κ3) is 4.92. The van der Waals surface area contributed by atoms with E-state index in [1.807, 2.05) is 38.3 Å². The Balaban J connectivity index is 1.97. The number of hydrogen-bond acceptors (Lipinski definition) is 7. The Kier molecular flexibility index (Phi) is 7.16. The lowest BCUT2D eigenvalue weighted by atomic mass is 10.1. The van der Waals surface area contributed by atoms with E-state index >= 15 is 0 Å². The van der Waals surface area contributed by atoms with Crippen LogP contribution in [0, 0.1) is 13.8 Å². The minimum Gasteiger partial charge on any atom is -0.465 e. The molecule has 0 aliphatic carbocycles. The van der Waals surface area contributed by atoms with Crippen molar-refractivity contribution >= 4 is 17.7 Å². The molecule has 32 heavy (non-hydrogen) atoms. The van der Waals surface area contributed by atoms with Gasteiger partial charge in [0, 0.05) is 35.7 Å². The summed E-state index contributed by atoms with van der Waals surface area (Å²) in [4.78, 5) is 39.6. The summed E-state index contributed by atoms with van der Waals surface area (Å²) in [5.74, 6) is -1.11. The van der Waals surface area contributed by atoms with Gasteiger partial charge in [-0.1, -0.05) is 0 Å². The van der Waals surface area contributed by atoms with Gasteiger partial charge in [0.05, 0.1) is 44.1 Å². The van der Waals surface area contributed by atoms with Gasteiger partial charge in [-0.3, -0.25) is 9.69 Å². The highest BCUT2D eigenvalue weighted by molar-refractivity contribution is 5.99. The van der Waals surface area contributed by atoms with Crippen molar-refractivity contribution < 1.29 is 28.6 Å². The molecular weight excluding hydrogens is 412 g/mol. The zero-order valence-corrected chi connectivity index (χ0v) is 19.4. The lowest BCUT2D eigenvalue weighted by molar-refractivity contribution is -0.0652. The molecule has 0 amide bonds. The highest BCUT2D eigenvalue weighted by Gasteiger charge is 2.26. The Hall–Kier alpha value is -2.97. The van der Waals surface area contributed by atoms with Crippen molar-refractivity contribution in [3.8, 4) is 5.69 Å². The summed E-state index contributed by atoms with van der Waals surface area (Å²) in [6.45, 7) is 9.46. The van der Waals surface area contributed by atoms with Gasteiger partial charge >= 0.3 is 11.9 Å². The number of benzene rings is 1. The van der Waals surface area contributed by atoms with Gasteiger partial charge in [-0.25, -0.2) is 9.59 Å². The highest BCUT2D eigenvalue weighted by Crippen LogP contribution is 2.25. The zero-order valence-electron chi connectivity index (χ0n) is 19.4. The van der Waals surface area contributed by atoms with Crippen LogP contribution in [-0.4, -0.2) is 73.3 Å². The molecule has 0 saturated carbocycles. The number of aromatic nitrogens is 1. The number of nitrogens with zero attached hydrogens (tertiary/aromatic N) is 2. The van der Waals surface area contributed by atoms with E-state index in [-0.39, 0.29) is 29.1 Å². The molecule has 0 unspecified atom stereocenters. The van der Waals surface area contributed by atoms with Gasteiger partial charge in [-0.05, 0) is 52.0 Å². The third-order valence-corrected chi connectivity index (χ3v) is 5.61. The maximum Gasteiger partial charge on any atom is 0.337 e. The molecule has 1 aromatic heterocycles. The summed E-state index contributed by atoms with van der Waals surface area (Å²) in [6, 6.07) is 6.55. The summed E-state index contributed by atoms with van der Waals surface area (Å²) in [6.07, 6.45) is 0.161. The van der Waals surface area contributed by atoms with Crippen LogP contribution in [0.25, 0.3) is 5.69 Å². The van der Waals surface area contributed by atoms with Crippen molar-refractivity contribution in [1.82, 2.24) is 9.47 Å². The topological polar surface area (TPSA) is 87.1 Å². The van der Waals surface area contributed by atoms with E-state index in [4.69, 9.17) is 14.2 Å². The number of rotatable bonds is 6. The Morgan fingerprint density at radius 2 is 1.47 bits per heavy atom. The first-order chi connectivity index (χ1) is 15.1. The summed E-state index contributed by atoms with van der Waals surface area (Å²) in [7, 11) is 2.56. The maximum atomic E-state index is 13.1. The number of aryl methyl sites for hydroxylation is 1. The minimum absolute atomic E-state index is 0.0166. The van der Waals surface area contributed by atoms with Gasteiger partial charge in [-0.2, -0.15) is 0 Å². The molecule has 0 N–H and O–H groups in total. The molecule has 2 atom stereocenters. The second kappa shape index (κ2) is 9.67. The van der Waals surface area contributed by atoms with E-state index in [1.165, 1.54) is 20.3 Å². The molecule has 2 heterocycles. The second-order valence-electron chi connectivity index (χ2n) is 8.25. The predicted octanol–water partition coefficient (Wildman–Crippen LogP) is 2.96. The van der Waals surface area contributed by atoms with Crippen molar-refractivity contribution in [2.75, 3.05) is 33.9 Å². The van der Waals surface area contributed by atoms with Crippen LogP contribution in [0.4, 0.5) is 0 Å². The molecule has 1 aromatic carbocycles. The number of methoxy groups -OCH3 is 2. The quantitative estimate of drug-likeness (QED) is 0.502. The van der Waals surface area contributed by atoms with Gasteiger partial charge in [0.15, 0.2) is 5.78 Å². The van der Waals surface area contributed by atoms with Crippen LogP contribution in [0.15, 0.2) is 24.3 Å². The second-order valence-corrected chi connectivity index (χ2v) is 8.25. The van der Waals surface area contributed by atoms with Crippen LogP contribution < -0.4 is 0 Å². The summed E-state index contributed by atoms with van der Waals surface area (Å²) in [5, 5.41) is 0. The first-order valence-corrected chi connectivity index (χ1v) is 10.6. The Morgan fingerprint density at radius 3 is 1.97 bits per heavy atom. The van der Waals surface area contributed by atoms with E-state index in [2.05, 4.69) is 4.90 Å². The number of carbonyl (C=O) groups excluding carboxylic acids is 3. The van der Waals surface area contributed by atoms with E-state index in [0.717, 1.165) is 11.4 Å². The number of ketones is 1. The number of Topliss-reactive ketones (excluding diaryl/α,β-unsaturated/α-hetero) is 1. The fourth-order valence-corrected chi connectivity index (χ4v) is 4.36. The SMILES string of the molecule is COC(=O)c1cc(C(=O)OC)cc(-n2c(C)cc(C(=O)CN3C[C@@H](C)O[C@H](C)C3)c2C)c1. The highest BCUT2D eigenvalue weighted by atomic mass is 16.5. The average Bonchev–Trinajstić information content (AvgIpc) is 3.05. The van der Waals surface area contributed by atoms with Crippen molar-refractivity contribution in [2.24, 2.45) is 0 Å². The van der Waals surface area contributed by atoms with E-state index in [1.54, 1.807) is 12.1 Å². The standard InChI is InChI=1S/C24H30N2O6/c1-14-7-21(22(27)13-25-11-15(2)32-16(3)12-25)17(4)26(14)20-9-18(23(28)30-5)8-19(10-20)24(29)31-6/h7-10,15-16H,11-13H2,1-6H3/t15-,16-/m1/s1. The number of esters is 2. The maximum absolute atomic E-state index is 13.1. The lowest BCUT2D eigenvalue weighted by Crippen LogP contribution is -2.47. The van der Waals surface area contributed by atoms with Gasteiger partial charge in [-0.15, -0.1) is 0 Å². The first kappa shape index (κ1) is 23.7. The van der Waals surface area contributed by atoms with Crippen LogP contribution >= 0.6 is 0 Å². The van der Waals surface area contributed by atoms with E-state index < -0.39 is 11.9 Å². The normalized spacial score (nSPS) is 18.9. The molecule has 2 aromatic rings. The molecule has 3 rings (SSSR count). The first-order valence-electron chi connectivity index (χ1n) is 10.6. The zero-order chi connectivity index (χ0) is 23.6. The molecule has 1 aliphatic rings. The monoisotopic (exact) mass is 442 g/mol. The summed E-state index contributed by atoms with van der Waals surface area (Å²) in [5.41, 5.74) is 3.18. The van der Waals surface area contributed by atoms with Crippen LogP contribution in [-0.2, 0) is 14.2 Å². The van der Waals surface area contributed by atoms with Crippen LogP contribution in [0.3, 0.4) is 0 Å². The van der Waals surface area contributed by atoms with Gasteiger partial charge in [0.1, 0.15) is 0 Å². The molecule has 1 fully saturated rings. The van der Waals surface area contributed by atoms with Crippen LogP contribution in [0.2, 0.25) is 0 Å².